The van der Waals surface area contributed by atoms with Crippen molar-refractivity contribution < 1.29 is 13.2 Å². The topological polar surface area (TPSA) is 88.0 Å². The molecule has 0 fully saturated rings. The maximum absolute atomic E-state index is 11.5. The van der Waals surface area contributed by atoms with Crippen LogP contribution < -0.4 is 0 Å². The van der Waals surface area contributed by atoms with Gasteiger partial charge in [0.2, 0.25) is 8.87 Å². The molecule has 1 aromatic heterocycles. The number of aromatic nitrogens is 1. The normalized spacial score (nSPS) is 13.5. The van der Waals surface area contributed by atoms with Gasteiger partial charge in [-0.3, -0.25) is 14.6 Å². The van der Waals surface area contributed by atoms with Crippen LogP contribution in [0.25, 0.3) is 0 Å². The van der Waals surface area contributed by atoms with Gasteiger partial charge in [0.15, 0.2) is 0 Å². The Bertz CT molecular complexity index is 468. The van der Waals surface area contributed by atoms with Crippen LogP contribution in [0.1, 0.15) is 0 Å². The van der Waals surface area contributed by atoms with Crippen molar-refractivity contribution in [1.82, 2.24) is 4.98 Å². The fraction of sp³-hybridized carbons (Fsp3) is 0. The van der Waals surface area contributed by atoms with Crippen molar-refractivity contribution in [3.63, 3.8) is 0 Å². The number of pyridine rings is 1. The highest BCUT2D eigenvalue weighted by Crippen LogP contribution is 2.15. The number of nitrogens with one attached hydrogen (secondary N) is 1. The molecule has 8 heteroatoms. The quantitative estimate of drug-likeness (QED) is 0.610. The molecule has 14 heavy (non-hydrogen) atoms. The van der Waals surface area contributed by atoms with Crippen LogP contribution in [-0.4, -0.2) is 17.8 Å². The van der Waals surface area contributed by atoms with Crippen LogP contribution >= 0.6 is 12.6 Å². The Kier molecular flexibility index (Phi) is 3.40. The van der Waals surface area contributed by atoms with Gasteiger partial charge in [0.05, 0.1) is 14.6 Å². The maximum atomic E-state index is 11.5. The lowest BCUT2D eigenvalue weighted by molar-refractivity contribution is 0.276. The third-order valence-corrected chi connectivity index (χ3v) is 6.19. The van der Waals surface area contributed by atoms with Gasteiger partial charge in [0, 0.05) is 12.4 Å². The molecule has 0 aliphatic heterocycles. The Balaban J connectivity index is 3.23. The number of rotatable bonds is 2. The number of hydrogen-bond donors (Lipinski definition) is 2. The van der Waals surface area contributed by atoms with Crippen LogP contribution in [0.2, 0.25) is 0 Å². The monoisotopic (exact) mass is 250 g/mol. The van der Waals surface area contributed by atoms with Crippen molar-refractivity contribution in [2.75, 3.05) is 0 Å². The molecule has 76 valence electrons. The van der Waals surface area contributed by atoms with Gasteiger partial charge in [0.1, 0.15) is 0 Å². The van der Waals surface area contributed by atoms with Gasteiger partial charge >= 0.3 is 0 Å². The first-order chi connectivity index (χ1) is 6.46. The molecule has 1 aromatic rings. The smallest absolute Gasteiger partial charge is 0.268 e. The summed E-state index contributed by atoms with van der Waals surface area (Å²) in [5.74, 6) is 0. The predicted molar refractivity (Wildman–Crippen MR) is 55.9 cm³/mol. The van der Waals surface area contributed by atoms with Crippen molar-refractivity contribution >= 4 is 35.7 Å². The minimum absolute atomic E-state index is 0.0896. The standard InChI is InChI=1S/C6H6N2O3S3/c7-13(6(9)12)14(10,11)5-1-3-8-4-2-5/h1-4,7H,(H,9,12). The molecular weight excluding hydrogens is 244 g/mol. The zero-order valence-electron chi connectivity index (χ0n) is 6.75. The van der Waals surface area contributed by atoms with Gasteiger partial charge in [-0.1, -0.05) is 12.6 Å². The third-order valence-electron chi connectivity index (χ3n) is 1.32. The average molecular weight is 250 g/mol. The van der Waals surface area contributed by atoms with Crippen LogP contribution in [0.4, 0.5) is 4.79 Å². The number of thiol groups is 1. The molecule has 0 bridgehead atoms. The average Bonchev–Trinajstić information content (AvgIpc) is 2.18. The van der Waals surface area contributed by atoms with E-state index in [0.717, 1.165) is 0 Å². The van der Waals surface area contributed by atoms with E-state index in [9.17, 15) is 13.2 Å². The molecule has 0 aromatic carbocycles. The van der Waals surface area contributed by atoms with Gasteiger partial charge in [-0.05, 0) is 12.1 Å². The van der Waals surface area contributed by atoms with Crippen LogP contribution in [0.15, 0.2) is 29.4 Å². The van der Waals surface area contributed by atoms with Crippen LogP contribution in [0.5, 0.6) is 0 Å². The first-order valence-electron chi connectivity index (χ1n) is 3.30. The second-order valence-electron chi connectivity index (χ2n) is 2.17. The number of carbonyl (C=O) groups is 1. The van der Waals surface area contributed by atoms with Crippen LogP contribution in [0.3, 0.4) is 0 Å². The molecule has 0 spiro atoms. The summed E-state index contributed by atoms with van der Waals surface area (Å²) in [6, 6.07) is 2.47. The molecule has 0 saturated carbocycles. The summed E-state index contributed by atoms with van der Waals surface area (Å²) in [5.41, 5.74) is 0. The molecular formula is C6H6N2O3S3. The minimum atomic E-state index is -3.91. The molecule has 0 aliphatic rings. The van der Waals surface area contributed by atoms with E-state index < -0.39 is 23.0 Å². The van der Waals surface area contributed by atoms with E-state index in [1.807, 2.05) is 0 Å². The number of carbonyl (C=O) groups excluding carboxylic acids is 1. The van der Waals surface area contributed by atoms with E-state index in [0.29, 0.717) is 0 Å². The van der Waals surface area contributed by atoms with E-state index >= 15 is 0 Å². The Labute approximate surface area is 88.2 Å². The first kappa shape index (κ1) is 11.3. The summed E-state index contributed by atoms with van der Waals surface area (Å²) in [5, 5.41) is 0. The largest absolute Gasteiger partial charge is 0.273 e. The summed E-state index contributed by atoms with van der Waals surface area (Å²) in [6.07, 6.45) is 2.57. The van der Waals surface area contributed by atoms with E-state index in [2.05, 4.69) is 17.6 Å². The Morgan fingerprint density at radius 2 is 1.93 bits per heavy atom. The number of nitrogens with zero attached hydrogens (tertiary/aromatic N) is 1. The van der Waals surface area contributed by atoms with Gasteiger partial charge in [-0.2, -0.15) is 0 Å². The second-order valence-corrected chi connectivity index (χ2v) is 7.48. The van der Waals surface area contributed by atoms with Crippen molar-refractivity contribution in [3.05, 3.63) is 24.5 Å². The molecule has 1 heterocycles. The lowest BCUT2D eigenvalue weighted by Crippen LogP contribution is -2.11. The molecule has 0 amide bonds. The summed E-state index contributed by atoms with van der Waals surface area (Å²) in [6.45, 7) is 0. The predicted octanol–water partition coefficient (Wildman–Crippen LogP) is 1.20. The maximum Gasteiger partial charge on any atom is 0.268 e. The van der Waals surface area contributed by atoms with Crippen molar-refractivity contribution in [2.24, 2.45) is 0 Å². The minimum Gasteiger partial charge on any atom is -0.273 e. The molecule has 1 unspecified atom stereocenters. The highest BCUT2D eigenvalue weighted by Gasteiger charge is 2.23. The Hall–Kier alpha value is -0.730. The van der Waals surface area contributed by atoms with Gasteiger partial charge in [0.25, 0.3) is 4.45 Å². The van der Waals surface area contributed by atoms with E-state index in [1.165, 1.54) is 24.5 Å². The Morgan fingerprint density at radius 3 is 2.36 bits per heavy atom. The van der Waals surface area contributed by atoms with E-state index in [4.69, 9.17) is 4.78 Å². The third kappa shape index (κ3) is 2.20. The van der Waals surface area contributed by atoms with Gasteiger partial charge < -0.3 is 0 Å². The molecule has 1 N–H and O–H groups in total. The molecule has 0 radical (unpaired) electrons. The lowest BCUT2D eigenvalue weighted by atomic mass is 10.5. The molecule has 0 saturated heterocycles. The van der Waals surface area contributed by atoms with Gasteiger partial charge in [-0.25, -0.2) is 8.42 Å². The molecule has 1 atom stereocenters. The zero-order chi connectivity index (χ0) is 10.8. The summed E-state index contributed by atoms with van der Waals surface area (Å²) >= 11 is 3.33. The summed E-state index contributed by atoms with van der Waals surface area (Å²) in [4.78, 5) is 14.2. The summed E-state index contributed by atoms with van der Waals surface area (Å²) < 4.78 is 29.2. The van der Waals surface area contributed by atoms with Crippen molar-refractivity contribution in [2.45, 2.75) is 4.90 Å². The SMILES string of the molecule is N=S(C(=O)S)S(=O)(=O)c1ccncc1. The van der Waals surface area contributed by atoms with Crippen molar-refractivity contribution in [1.29, 1.82) is 4.78 Å². The second kappa shape index (κ2) is 4.20. The van der Waals surface area contributed by atoms with E-state index in [1.54, 1.807) is 0 Å². The molecule has 0 aliphatic carbocycles. The van der Waals surface area contributed by atoms with Crippen LogP contribution in [0, 0.1) is 4.78 Å². The molecule has 1 rings (SSSR count). The summed E-state index contributed by atoms with van der Waals surface area (Å²) in [7, 11) is -6.07. The fourth-order valence-corrected chi connectivity index (χ4v) is 3.89. The zero-order valence-corrected chi connectivity index (χ0v) is 9.27. The van der Waals surface area contributed by atoms with Gasteiger partial charge in [-0.15, -0.1) is 0 Å². The lowest BCUT2D eigenvalue weighted by Gasteiger charge is -2.01. The van der Waals surface area contributed by atoms with Crippen molar-refractivity contribution in [3.8, 4) is 0 Å². The fourth-order valence-electron chi connectivity index (χ4n) is 0.695. The van der Waals surface area contributed by atoms with E-state index in [-0.39, 0.29) is 4.90 Å². The highest BCUT2D eigenvalue weighted by atomic mass is 33.2. The van der Waals surface area contributed by atoms with Crippen LogP contribution in [-0.2, 0) is 18.6 Å². The first-order valence-corrected chi connectivity index (χ1v) is 6.97. The number of hydrogen-bond acceptors (Lipinski definition) is 5. The highest BCUT2D eigenvalue weighted by molar-refractivity contribution is 8.73. The molecule has 5 nitrogen and oxygen atoms in total. The Morgan fingerprint density at radius 1 is 1.43 bits per heavy atom.